The second-order valence-corrected chi connectivity index (χ2v) is 3.12. The summed E-state index contributed by atoms with van der Waals surface area (Å²) in [5, 5.41) is 2.87. The molecule has 3 heteroatoms. The summed E-state index contributed by atoms with van der Waals surface area (Å²) in [7, 11) is 0. The van der Waals surface area contributed by atoms with Gasteiger partial charge in [-0.05, 0) is 12.5 Å². The van der Waals surface area contributed by atoms with Crippen molar-refractivity contribution >= 4 is 5.91 Å². The van der Waals surface area contributed by atoms with E-state index in [1.54, 1.807) is 0 Å². The normalized spacial score (nSPS) is 21.8. The third kappa shape index (κ3) is 0.932. The Kier molecular flexibility index (Phi) is 1.64. The number of nitrogens with one attached hydrogen (secondary N) is 2. The minimum atomic E-state index is 0.0518. The van der Waals surface area contributed by atoms with Crippen LogP contribution in [0.1, 0.15) is 35.3 Å². The maximum atomic E-state index is 11.3. The highest BCUT2D eigenvalue weighted by molar-refractivity contribution is 5.96. The van der Waals surface area contributed by atoms with Crippen LogP contribution in [0.3, 0.4) is 0 Å². The zero-order valence-electron chi connectivity index (χ0n) is 7.05. The van der Waals surface area contributed by atoms with E-state index in [0.29, 0.717) is 5.92 Å². The maximum absolute atomic E-state index is 11.3. The lowest BCUT2D eigenvalue weighted by molar-refractivity contribution is 0.0939. The Bertz CT molecular complexity index is 303. The Balaban J connectivity index is 2.42. The summed E-state index contributed by atoms with van der Waals surface area (Å²) in [6.07, 6.45) is 2.89. The van der Waals surface area contributed by atoms with Gasteiger partial charge < -0.3 is 10.3 Å². The van der Waals surface area contributed by atoms with Crippen molar-refractivity contribution < 1.29 is 4.79 Å². The molecule has 1 aliphatic heterocycles. The summed E-state index contributed by atoms with van der Waals surface area (Å²) >= 11 is 0. The fraction of sp³-hybridized carbons (Fsp3) is 0.444. The van der Waals surface area contributed by atoms with Gasteiger partial charge in [0.05, 0.1) is 5.56 Å². The third-order valence-corrected chi connectivity index (χ3v) is 2.43. The molecule has 0 aliphatic carbocycles. The Morgan fingerprint density at radius 3 is 3.25 bits per heavy atom. The van der Waals surface area contributed by atoms with Crippen LogP contribution < -0.4 is 5.32 Å². The summed E-state index contributed by atoms with van der Waals surface area (Å²) in [4.78, 5) is 14.4. The molecule has 0 saturated carbocycles. The van der Waals surface area contributed by atoms with E-state index >= 15 is 0 Å². The largest absolute Gasteiger partial charge is 0.364 e. The molecule has 1 aromatic rings. The van der Waals surface area contributed by atoms with Crippen molar-refractivity contribution in [2.45, 2.75) is 19.3 Å². The van der Waals surface area contributed by atoms with Crippen molar-refractivity contribution in [1.82, 2.24) is 10.3 Å². The SMILES string of the molecule is CCC1CNC(=O)c2cc[nH]c21. The maximum Gasteiger partial charge on any atom is 0.253 e. The van der Waals surface area contributed by atoms with Gasteiger partial charge in [-0.2, -0.15) is 0 Å². The van der Waals surface area contributed by atoms with Crippen LogP contribution in [0.15, 0.2) is 12.3 Å². The summed E-state index contributed by atoms with van der Waals surface area (Å²) in [5.41, 5.74) is 1.91. The molecule has 0 spiro atoms. The molecule has 1 amide bonds. The van der Waals surface area contributed by atoms with Crippen molar-refractivity contribution in [3.8, 4) is 0 Å². The number of hydrogen-bond donors (Lipinski definition) is 2. The van der Waals surface area contributed by atoms with Crippen LogP contribution in [-0.4, -0.2) is 17.4 Å². The lowest BCUT2D eigenvalue weighted by atomic mass is 9.95. The first-order chi connectivity index (χ1) is 5.83. The minimum absolute atomic E-state index is 0.0518. The van der Waals surface area contributed by atoms with Gasteiger partial charge in [0.15, 0.2) is 0 Å². The first-order valence-electron chi connectivity index (χ1n) is 4.28. The van der Waals surface area contributed by atoms with Crippen LogP contribution in [0.5, 0.6) is 0 Å². The van der Waals surface area contributed by atoms with Crippen LogP contribution in [0.25, 0.3) is 0 Å². The fourth-order valence-corrected chi connectivity index (χ4v) is 1.68. The minimum Gasteiger partial charge on any atom is -0.364 e. The summed E-state index contributed by atoms with van der Waals surface area (Å²) in [6, 6.07) is 1.84. The van der Waals surface area contributed by atoms with Gasteiger partial charge in [0.1, 0.15) is 0 Å². The molecule has 2 heterocycles. The number of carbonyl (C=O) groups is 1. The van der Waals surface area contributed by atoms with Crippen molar-refractivity contribution in [1.29, 1.82) is 0 Å². The monoisotopic (exact) mass is 164 g/mol. The molecule has 3 nitrogen and oxygen atoms in total. The summed E-state index contributed by atoms with van der Waals surface area (Å²) in [6.45, 7) is 2.90. The number of amides is 1. The lowest BCUT2D eigenvalue weighted by Crippen LogP contribution is -2.34. The highest BCUT2D eigenvalue weighted by Crippen LogP contribution is 2.24. The Hall–Kier alpha value is -1.25. The van der Waals surface area contributed by atoms with Gasteiger partial charge >= 0.3 is 0 Å². The average molecular weight is 164 g/mol. The molecule has 0 aromatic carbocycles. The molecule has 1 atom stereocenters. The zero-order valence-corrected chi connectivity index (χ0v) is 7.05. The molecule has 0 saturated heterocycles. The van der Waals surface area contributed by atoms with Crippen molar-refractivity contribution in [3.05, 3.63) is 23.5 Å². The lowest BCUT2D eigenvalue weighted by Gasteiger charge is -2.21. The topological polar surface area (TPSA) is 44.9 Å². The van der Waals surface area contributed by atoms with E-state index in [-0.39, 0.29) is 5.91 Å². The van der Waals surface area contributed by atoms with Crippen LogP contribution in [0, 0.1) is 0 Å². The Morgan fingerprint density at radius 2 is 2.50 bits per heavy atom. The van der Waals surface area contributed by atoms with Gasteiger partial charge in [0.2, 0.25) is 0 Å². The van der Waals surface area contributed by atoms with E-state index in [0.717, 1.165) is 24.2 Å². The molecule has 0 fully saturated rings. The predicted octanol–water partition coefficient (Wildman–Crippen LogP) is 1.25. The molecule has 1 aromatic heterocycles. The van der Waals surface area contributed by atoms with Crippen molar-refractivity contribution in [2.24, 2.45) is 0 Å². The van der Waals surface area contributed by atoms with Crippen molar-refractivity contribution in [3.63, 3.8) is 0 Å². The number of rotatable bonds is 1. The van der Waals surface area contributed by atoms with E-state index in [1.165, 1.54) is 0 Å². The molecule has 0 radical (unpaired) electrons. The van der Waals surface area contributed by atoms with Crippen LogP contribution in [-0.2, 0) is 0 Å². The fourth-order valence-electron chi connectivity index (χ4n) is 1.68. The Morgan fingerprint density at radius 1 is 1.67 bits per heavy atom. The first-order valence-corrected chi connectivity index (χ1v) is 4.28. The predicted molar refractivity (Wildman–Crippen MR) is 46.2 cm³/mol. The van der Waals surface area contributed by atoms with E-state index in [2.05, 4.69) is 17.2 Å². The van der Waals surface area contributed by atoms with Crippen LogP contribution in [0.2, 0.25) is 0 Å². The smallest absolute Gasteiger partial charge is 0.253 e. The quantitative estimate of drug-likeness (QED) is 0.644. The van der Waals surface area contributed by atoms with Crippen molar-refractivity contribution in [2.75, 3.05) is 6.54 Å². The highest BCUT2D eigenvalue weighted by atomic mass is 16.1. The first kappa shape index (κ1) is 7.40. The molecule has 12 heavy (non-hydrogen) atoms. The van der Waals surface area contributed by atoms with Gasteiger partial charge in [0, 0.05) is 24.4 Å². The van der Waals surface area contributed by atoms with Gasteiger partial charge in [-0.1, -0.05) is 6.92 Å². The molecule has 2 N–H and O–H groups in total. The van der Waals surface area contributed by atoms with Crippen LogP contribution in [0.4, 0.5) is 0 Å². The molecular formula is C9H12N2O. The standard InChI is InChI=1S/C9H12N2O/c1-2-6-5-11-9(12)7-3-4-10-8(6)7/h3-4,6,10H,2,5H2,1H3,(H,11,12). The van der Waals surface area contributed by atoms with Gasteiger partial charge in [-0.25, -0.2) is 0 Å². The average Bonchev–Trinajstić information content (AvgIpc) is 2.54. The molecule has 1 unspecified atom stereocenters. The van der Waals surface area contributed by atoms with Gasteiger partial charge in [-0.15, -0.1) is 0 Å². The number of fused-ring (bicyclic) bond motifs is 1. The Labute approximate surface area is 71.2 Å². The number of hydrogen-bond acceptors (Lipinski definition) is 1. The van der Waals surface area contributed by atoms with E-state index in [4.69, 9.17) is 0 Å². The summed E-state index contributed by atoms with van der Waals surface area (Å²) < 4.78 is 0. The number of aromatic nitrogens is 1. The third-order valence-electron chi connectivity index (χ3n) is 2.43. The summed E-state index contributed by atoms with van der Waals surface area (Å²) in [5.74, 6) is 0.517. The number of aromatic amines is 1. The molecule has 2 rings (SSSR count). The molecular weight excluding hydrogens is 152 g/mol. The molecule has 64 valence electrons. The van der Waals surface area contributed by atoms with Gasteiger partial charge in [-0.3, -0.25) is 4.79 Å². The molecule has 1 aliphatic rings. The van der Waals surface area contributed by atoms with Crippen LogP contribution >= 0.6 is 0 Å². The highest BCUT2D eigenvalue weighted by Gasteiger charge is 2.24. The van der Waals surface area contributed by atoms with E-state index < -0.39 is 0 Å². The van der Waals surface area contributed by atoms with E-state index in [9.17, 15) is 4.79 Å². The zero-order chi connectivity index (χ0) is 8.55. The number of H-pyrrole nitrogens is 1. The van der Waals surface area contributed by atoms with E-state index in [1.807, 2.05) is 12.3 Å². The molecule has 0 bridgehead atoms. The second kappa shape index (κ2) is 2.66. The number of carbonyl (C=O) groups excluding carboxylic acids is 1. The van der Waals surface area contributed by atoms with Gasteiger partial charge in [0.25, 0.3) is 5.91 Å². The second-order valence-electron chi connectivity index (χ2n) is 3.12.